The fraction of sp³-hybridized carbons (Fsp3) is 0.786. The van der Waals surface area contributed by atoms with Gasteiger partial charge in [-0.25, -0.2) is 4.79 Å². The third-order valence-corrected chi connectivity index (χ3v) is 3.17. The highest BCUT2D eigenvalue weighted by molar-refractivity contribution is 6.05. The lowest BCUT2D eigenvalue weighted by Gasteiger charge is -2.12. The highest BCUT2D eigenvalue weighted by Gasteiger charge is 2.37. The molecule has 0 radical (unpaired) electrons. The maximum absolute atomic E-state index is 11.9. The monoisotopic (exact) mass is 284 g/mol. The largest absolute Gasteiger partial charge is 0.465 e. The van der Waals surface area contributed by atoms with Gasteiger partial charge in [-0.2, -0.15) is 0 Å². The number of hydrogen-bond acceptors (Lipinski definition) is 6. The molecule has 0 bridgehead atoms. The summed E-state index contributed by atoms with van der Waals surface area (Å²) >= 11 is 0. The van der Waals surface area contributed by atoms with Crippen LogP contribution in [-0.2, 0) is 19.1 Å². The zero-order valence-electron chi connectivity index (χ0n) is 12.5. The van der Waals surface area contributed by atoms with E-state index in [2.05, 4.69) is 10.3 Å². The third kappa shape index (κ3) is 4.59. The van der Waals surface area contributed by atoms with E-state index in [9.17, 15) is 9.59 Å². The van der Waals surface area contributed by atoms with Crippen LogP contribution in [0.1, 0.15) is 33.1 Å². The third-order valence-electron chi connectivity index (χ3n) is 3.17. The number of carbonyl (C=O) groups excluding carboxylic acids is 2. The van der Waals surface area contributed by atoms with Crippen LogP contribution in [0.2, 0.25) is 0 Å². The van der Waals surface area contributed by atoms with E-state index in [0.717, 1.165) is 18.7 Å². The lowest BCUT2D eigenvalue weighted by molar-refractivity contribution is -0.147. The molecule has 1 N–H and O–H groups in total. The van der Waals surface area contributed by atoms with Gasteiger partial charge in [0.25, 0.3) is 0 Å². The predicted molar refractivity (Wildman–Crippen MR) is 75.8 cm³/mol. The fourth-order valence-electron chi connectivity index (χ4n) is 2.25. The van der Waals surface area contributed by atoms with Gasteiger partial charge in [-0.1, -0.05) is 0 Å². The number of rotatable bonds is 8. The topological polar surface area (TPSA) is 77.0 Å². The molecule has 0 fully saturated rings. The van der Waals surface area contributed by atoms with Crippen molar-refractivity contribution in [2.45, 2.75) is 39.2 Å². The maximum atomic E-state index is 11.9. The van der Waals surface area contributed by atoms with Gasteiger partial charge in [0.2, 0.25) is 0 Å². The van der Waals surface area contributed by atoms with Crippen molar-refractivity contribution in [3.63, 3.8) is 0 Å². The van der Waals surface area contributed by atoms with Crippen LogP contribution in [0.5, 0.6) is 0 Å². The van der Waals surface area contributed by atoms with Gasteiger partial charge in [-0.05, 0) is 46.7 Å². The highest BCUT2D eigenvalue weighted by atomic mass is 16.5. The van der Waals surface area contributed by atoms with E-state index in [0.29, 0.717) is 26.1 Å². The Morgan fingerprint density at radius 2 is 1.90 bits per heavy atom. The van der Waals surface area contributed by atoms with E-state index >= 15 is 0 Å². The molecule has 1 aliphatic heterocycles. The second kappa shape index (κ2) is 8.68. The molecule has 0 saturated carbocycles. The molecule has 0 saturated heterocycles. The molecule has 1 aliphatic rings. The molecule has 20 heavy (non-hydrogen) atoms. The van der Waals surface area contributed by atoms with Crippen LogP contribution in [0.4, 0.5) is 0 Å². The van der Waals surface area contributed by atoms with Gasteiger partial charge >= 0.3 is 11.9 Å². The Bertz CT molecular complexity index is 368. The fourth-order valence-corrected chi connectivity index (χ4v) is 2.25. The summed E-state index contributed by atoms with van der Waals surface area (Å²) < 4.78 is 10.0. The van der Waals surface area contributed by atoms with Gasteiger partial charge in [0.1, 0.15) is 6.04 Å². The van der Waals surface area contributed by atoms with Crippen LogP contribution in [0.15, 0.2) is 4.99 Å². The summed E-state index contributed by atoms with van der Waals surface area (Å²) in [5.41, 5.74) is 0.761. The molecule has 0 aliphatic carbocycles. The SMILES string of the molecule is CCOC(=O)C1CC(C(=O)OCC)C(CCCNC)=N1. The number of nitrogens with one attached hydrogen (secondary N) is 1. The molecule has 0 spiro atoms. The Hall–Kier alpha value is -1.43. The zero-order chi connectivity index (χ0) is 15.0. The van der Waals surface area contributed by atoms with Crippen molar-refractivity contribution >= 4 is 17.7 Å². The van der Waals surface area contributed by atoms with E-state index in [4.69, 9.17) is 9.47 Å². The molecule has 0 amide bonds. The van der Waals surface area contributed by atoms with Crippen LogP contribution >= 0.6 is 0 Å². The quantitative estimate of drug-likeness (QED) is 0.530. The van der Waals surface area contributed by atoms with E-state index in [1.54, 1.807) is 13.8 Å². The van der Waals surface area contributed by atoms with Gasteiger partial charge in [-0.15, -0.1) is 0 Å². The summed E-state index contributed by atoms with van der Waals surface area (Å²) in [6.45, 7) is 5.03. The summed E-state index contributed by atoms with van der Waals surface area (Å²) in [6.07, 6.45) is 1.94. The standard InChI is InChI=1S/C14H24N2O4/c1-4-19-13(17)10-9-12(14(18)20-5-2)16-11(10)7-6-8-15-3/h10,12,15H,4-9H2,1-3H3. The number of ether oxygens (including phenoxy) is 2. The number of esters is 2. The first-order chi connectivity index (χ1) is 9.63. The maximum Gasteiger partial charge on any atom is 0.330 e. The van der Waals surface area contributed by atoms with Crippen molar-refractivity contribution < 1.29 is 19.1 Å². The number of hydrogen-bond donors (Lipinski definition) is 1. The molecule has 114 valence electrons. The smallest absolute Gasteiger partial charge is 0.330 e. The van der Waals surface area contributed by atoms with Crippen molar-refractivity contribution in [2.24, 2.45) is 10.9 Å². The average molecular weight is 284 g/mol. The first kappa shape index (κ1) is 16.6. The van der Waals surface area contributed by atoms with Crippen molar-refractivity contribution in [3.05, 3.63) is 0 Å². The van der Waals surface area contributed by atoms with E-state index in [1.807, 2.05) is 7.05 Å². The number of aliphatic imine (C=N–C) groups is 1. The number of carbonyl (C=O) groups is 2. The molecule has 0 aromatic heterocycles. The minimum atomic E-state index is -0.561. The molecule has 1 heterocycles. The van der Waals surface area contributed by atoms with E-state index in [1.165, 1.54) is 0 Å². The molecule has 1 rings (SSSR count). The normalized spacial score (nSPS) is 21.4. The van der Waals surface area contributed by atoms with Gasteiger partial charge < -0.3 is 14.8 Å². The van der Waals surface area contributed by atoms with Crippen molar-refractivity contribution in [2.75, 3.05) is 26.8 Å². The minimum absolute atomic E-state index is 0.289. The first-order valence-corrected chi connectivity index (χ1v) is 7.18. The van der Waals surface area contributed by atoms with Crippen LogP contribution in [-0.4, -0.2) is 50.5 Å². The van der Waals surface area contributed by atoms with Crippen molar-refractivity contribution in [1.82, 2.24) is 5.32 Å². The molecule has 0 aromatic rings. The molecule has 2 unspecified atom stereocenters. The molecular weight excluding hydrogens is 260 g/mol. The van der Waals surface area contributed by atoms with Gasteiger partial charge in [0.15, 0.2) is 0 Å². The summed E-state index contributed by atoms with van der Waals surface area (Å²) in [7, 11) is 1.88. The van der Waals surface area contributed by atoms with Crippen LogP contribution in [0.25, 0.3) is 0 Å². The Labute approximate surface area is 119 Å². The summed E-state index contributed by atoms with van der Waals surface area (Å²) in [4.78, 5) is 28.1. The predicted octanol–water partition coefficient (Wildman–Crippen LogP) is 0.942. The van der Waals surface area contributed by atoms with E-state index in [-0.39, 0.29) is 11.9 Å². The van der Waals surface area contributed by atoms with Gasteiger partial charge in [0.05, 0.1) is 19.1 Å². The average Bonchev–Trinajstić information content (AvgIpc) is 2.84. The van der Waals surface area contributed by atoms with Crippen molar-refractivity contribution in [1.29, 1.82) is 0 Å². The Balaban J connectivity index is 2.70. The Morgan fingerprint density at radius 1 is 1.25 bits per heavy atom. The molecule has 6 nitrogen and oxygen atoms in total. The second-order valence-corrected chi connectivity index (χ2v) is 4.64. The van der Waals surface area contributed by atoms with Crippen LogP contribution in [0, 0.1) is 5.92 Å². The molecule has 6 heteroatoms. The summed E-state index contributed by atoms with van der Waals surface area (Å²) in [5.74, 6) is -1.05. The summed E-state index contributed by atoms with van der Waals surface area (Å²) in [5, 5.41) is 3.05. The highest BCUT2D eigenvalue weighted by Crippen LogP contribution is 2.25. The molecule has 2 atom stereocenters. The number of nitrogens with zero attached hydrogens (tertiary/aromatic N) is 1. The summed E-state index contributed by atoms with van der Waals surface area (Å²) in [6, 6.07) is -0.561. The first-order valence-electron chi connectivity index (χ1n) is 7.18. The van der Waals surface area contributed by atoms with Crippen molar-refractivity contribution in [3.8, 4) is 0 Å². The molecule has 0 aromatic carbocycles. The van der Waals surface area contributed by atoms with Gasteiger partial charge in [0, 0.05) is 5.71 Å². The van der Waals surface area contributed by atoms with Crippen LogP contribution in [0.3, 0.4) is 0 Å². The Kier molecular flexibility index (Phi) is 7.22. The zero-order valence-corrected chi connectivity index (χ0v) is 12.5. The lowest BCUT2D eigenvalue weighted by atomic mass is 9.96. The molecular formula is C14H24N2O4. The van der Waals surface area contributed by atoms with Crippen LogP contribution < -0.4 is 5.32 Å². The van der Waals surface area contributed by atoms with Gasteiger partial charge in [-0.3, -0.25) is 9.79 Å². The lowest BCUT2D eigenvalue weighted by Crippen LogP contribution is -2.26. The Morgan fingerprint density at radius 3 is 2.50 bits per heavy atom. The minimum Gasteiger partial charge on any atom is -0.465 e. The van der Waals surface area contributed by atoms with E-state index < -0.39 is 12.0 Å². The second-order valence-electron chi connectivity index (χ2n) is 4.64.